The minimum absolute atomic E-state index is 0.240. The number of ether oxygens (including phenoxy) is 2. The number of anilines is 1. The molecule has 0 radical (unpaired) electrons. The summed E-state index contributed by atoms with van der Waals surface area (Å²) in [6.45, 7) is 6.67. The molecule has 0 unspecified atom stereocenters. The van der Waals surface area contributed by atoms with Crippen molar-refractivity contribution in [1.29, 1.82) is 0 Å². The Morgan fingerprint density at radius 2 is 1.65 bits per heavy atom. The molecule has 1 aliphatic heterocycles. The summed E-state index contributed by atoms with van der Waals surface area (Å²) < 4.78 is 11.9. The fraction of sp³-hybridized carbons (Fsp3) is 0.286. The SMILES string of the molecule is CCOC(=O)c1cc(-c2ccc(N3CCN(C(=O)OC)CC3)cc2)c2c(C)nn(-c3ccccc3)c2n1. The van der Waals surface area contributed by atoms with E-state index in [0.29, 0.717) is 18.7 Å². The molecule has 1 aliphatic rings. The average Bonchev–Trinajstić information content (AvgIpc) is 3.29. The molecule has 0 saturated carbocycles. The van der Waals surface area contributed by atoms with Gasteiger partial charge < -0.3 is 19.3 Å². The molecule has 0 N–H and O–H groups in total. The van der Waals surface area contributed by atoms with Gasteiger partial charge in [0.1, 0.15) is 0 Å². The molecule has 3 heterocycles. The van der Waals surface area contributed by atoms with Crippen molar-refractivity contribution in [3.05, 3.63) is 72.1 Å². The maximum absolute atomic E-state index is 12.7. The third-order valence-corrected chi connectivity index (χ3v) is 6.55. The highest BCUT2D eigenvalue weighted by Crippen LogP contribution is 2.33. The molecule has 5 rings (SSSR count). The van der Waals surface area contributed by atoms with Gasteiger partial charge in [-0.25, -0.2) is 19.3 Å². The van der Waals surface area contributed by atoms with E-state index in [2.05, 4.69) is 22.0 Å². The van der Waals surface area contributed by atoms with E-state index in [1.165, 1.54) is 7.11 Å². The van der Waals surface area contributed by atoms with Gasteiger partial charge in [-0.15, -0.1) is 0 Å². The van der Waals surface area contributed by atoms with E-state index in [1.54, 1.807) is 22.6 Å². The molecule has 4 aromatic rings. The number of rotatable bonds is 5. The largest absolute Gasteiger partial charge is 0.461 e. The minimum Gasteiger partial charge on any atom is -0.461 e. The predicted molar refractivity (Wildman–Crippen MR) is 141 cm³/mol. The van der Waals surface area contributed by atoms with Gasteiger partial charge in [0.05, 0.1) is 30.5 Å². The van der Waals surface area contributed by atoms with Crippen LogP contribution < -0.4 is 4.90 Å². The van der Waals surface area contributed by atoms with Crippen molar-refractivity contribution >= 4 is 28.8 Å². The van der Waals surface area contributed by atoms with Crippen molar-refractivity contribution in [3.63, 3.8) is 0 Å². The number of nitrogens with zero attached hydrogens (tertiary/aromatic N) is 5. The van der Waals surface area contributed by atoms with E-state index in [9.17, 15) is 9.59 Å². The Bertz CT molecular complexity index is 1420. The van der Waals surface area contributed by atoms with Crippen LogP contribution in [0.1, 0.15) is 23.1 Å². The topological polar surface area (TPSA) is 89.8 Å². The Morgan fingerprint density at radius 1 is 0.946 bits per heavy atom. The van der Waals surface area contributed by atoms with E-state index in [4.69, 9.17) is 14.6 Å². The van der Waals surface area contributed by atoms with E-state index < -0.39 is 5.97 Å². The number of esters is 1. The third kappa shape index (κ3) is 4.72. The maximum Gasteiger partial charge on any atom is 0.409 e. The lowest BCUT2D eigenvalue weighted by molar-refractivity contribution is 0.0520. The number of para-hydroxylation sites is 1. The lowest BCUT2D eigenvalue weighted by atomic mass is 10.0. The summed E-state index contributed by atoms with van der Waals surface area (Å²) in [4.78, 5) is 33.1. The number of amides is 1. The number of hydrogen-bond donors (Lipinski definition) is 0. The van der Waals surface area contributed by atoms with Gasteiger partial charge in [-0.05, 0) is 55.3 Å². The van der Waals surface area contributed by atoms with Crippen LogP contribution in [-0.4, -0.2) is 71.6 Å². The van der Waals surface area contributed by atoms with Gasteiger partial charge in [-0.1, -0.05) is 30.3 Å². The fourth-order valence-electron chi connectivity index (χ4n) is 4.70. The number of hydrogen-bond acceptors (Lipinski definition) is 7. The number of fused-ring (bicyclic) bond motifs is 1. The van der Waals surface area contributed by atoms with Crippen molar-refractivity contribution in [3.8, 4) is 16.8 Å². The lowest BCUT2D eigenvalue weighted by Gasteiger charge is -2.35. The quantitative estimate of drug-likeness (QED) is 0.375. The van der Waals surface area contributed by atoms with E-state index in [-0.39, 0.29) is 18.4 Å². The van der Waals surface area contributed by atoms with E-state index >= 15 is 0 Å². The highest BCUT2D eigenvalue weighted by molar-refractivity contribution is 6.00. The molecule has 37 heavy (non-hydrogen) atoms. The average molecular weight is 500 g/mol. The van der Waals surface area contributed by atoms with Crippen LogP contribution in [0.2, 0.25) is 0 Å². The molecular formula is C28H29N5O4. The second-order valence-electron chi connectivity index (χ2n) is 8.80. The molecule has 1 saturated heterocycles. The Hall–Kier alpha value is -4.40. The van der Waals surface area contributed by atoms with Gasteiger partial charge >= 0.3 is 12.1 Å². The zero-order valence-electron chi connectivity index (χ0n) is 21.2. The summed E-state index contributed by atoms with van der Waals surface area (Å²) in [5.41, 5.74) is 5.42. The number of aryl methyl sites for hydroxylation is 1. The van der Waals surface area contributed by atoms with Crippen molar-refractivity contribution < 1.29 is 19.1 Å². The van der Waals surface area contributed by atoms with Crippen LogP contribution in [0.15, 0.2) is 60.7 Å². The zero-order chi connectivity index (χ0) is 25.9. The van der Waals surface area contributed by atoms with Gasteiger partial charge in [0.2, 0.25) is 0 Å². The Kier molecular flexibility index (Phi) is 6.76. The van der Waals surface area contributed by atoms with Crippen LogP contribution in [0.4, 0.5) is 10.5 Å². The summed E-state index contributed by atoms with van der Waals surface area (Å²) in [5.74, 6) is -0.468. The second-order valence-corrected chi connectivity index (χ2v) is 8.80. The lowest BCUT2D eigenvalue weighted by Crippen LogP contribution is -2.48. The number of carbonyl (C=O) groups excluding carboxylic acids is 2. The summed E-state index contributed by atoms with van der Waals surface area (Å²) in [7, 11) is 1.40. The number of pyridine rings is 1. The van der Waals surface area contributed by atoms with Crippen LogP contribution in [0, 0.1) is 6.92 Å². The summed E-state index contributed by atoms with van der Waals surface area (Å²) >= 11 is 0. The number of carbonyl (C=O) groups is 2. The van der Waals surface area contributed by atoms with Crippen LogP contribution >= 0.6 is 0 Å². The first-order valence-corrected chi connectivity index (χ1v) is 12.3. The molecule has 2 aromatic heterocycles. The first-order chi connectivity index (χ1) is 18.0. The maximum atomic E-state index is 12.7. The van der Waals surface area contributed by atoms with Gasteiger partial charge in [-0.2, -0.15) is 5.10 Å². The molecule has 9 nitrogen and oxygen atoms in total. The van der Waals surface area contributed by atoms with Gasteiger partial charge in [-0.3, -0.25) is 0 Å². The monoisotopic (exact) mass is 499 g/mol. The van der Waals surface area contributed by atoms with Crippen LogP contribution in [0.3, 0.4) is 0 Å². The number of benzene rings is 2. The Balaban J connectivity index is 1.53. The molecule has 190 valence electrons. The molecule has 1 fully saturated rings. The van der Waals surface area contributed by atoms with Gasteiger partial charge in [0.15, 0.2) is 11.3 Å². The van der Waals surface area contributed by atoms with Crippen molar-refractivity contribution in [1.82, 2.24) is 19.7 Å². The number of methoxy groups -OCH3 is 1. The third-order valence-electron chi connectivity index (χ3n) is 6.55. The first kappa shape index (κ1) is 24.3. The summed E-state index contributed by atoms with van der Waals surface area (Å²) in [5, 5.41) is 5.65. The molecule has 1 amide bonds. The highest BCUT2D eigenvalue weighted by atomic mass is 16.5. The molecule has 9 heteroatoms. The van der Waals surface area contributed by atoms with E-state index in [0.717, 1.165) is 46.7 Å². The van der Waals surface area contributed by atoms with E-state index in [1.807, 2.05) is 49.4 Å². The first-order valence-electron chi connectivity index (χ1n) is 12.3. The highest BCUT2D eigenvalue weighted by Gasteiger charge is 2.23. The molecular weight excluding hydrogens is 470 g/mol. The number of aromatic nitrogens is 3. The Morgan fingerprint density at radius 3 is 2.30 bits per heavy atom. The molecule has 0 bridgehead atoms. The van der Waals surface area contributed by atoms with Crippen molar-refractivity contribution in [2.45, 2.75) is 13.8 Å². The normalized spacial score (nSPS) is 13.6. The summed E-state index contributed by atoms with van der Waals surface area (Å²) in [6.07, 6.45) is -0.291. The zero-order valence-corrected chi connectivity index (χ0v) is 21.2. The smallest absolute Gasteiger partial charge is 0.409 e. The molecule has 0 spiro atoms. The minimum atomic E-state index is -0.468. The fourth-order valence-corrected chi connectivity index (χ4v) is 4.70. The molecule has 0 atom stereocenters. The van der Waals surface area contributed by atoms with Crippen molar-refractivity contribution in [2.24, 2.45) is 0 Å². The van der Waals surface area contributed by atoms with Crippen LogP contribution in [-0.2, 0) is 9.47 Å². The Labute approximate surface area is 215 Å². The van der Waals surface area contributed by atoms with Gasteiger partial charge in [0.25, 0.3) is 0 Å². The number of piperazine rings is 1. The van der Waals surface area contributed by atoms with Crippen LogP contribution in [0.5, 0.6) is 0 Å². The molecule has 2 aromatic carbocycles. The standard InChI is InChI=1S/C28H29N5O4/c1-4-37-27(34)24-18-23(25-19(2)30-33(26(25)29-24)22-8-6-5-7-9-22)20-10-12-21(13-11-20)31-14-16-32(17-15-31)28(35)36-3/h5-13,18H,4,14-17H2,1-3H3. The molecule has 0 aliphatic carbocycles. The predicted octanol–water partition coefficient (Wildman–Crippen LogP) is 4.46. The van der Waals surface area contributed by atoms with Gasteiger partial charge in [0, 0.05) is 31.9 Å². The second kappa shape index (κ2) is 10.3. The van der Waals surface area contributed by atoms with Crippen LogP contribution in [0.25, 0.3) is 27.8 Å². The van der Waals surface area contributed by atoms with Crippen molar-refractivity contribution in [2.75, 3.05) is 44.8 Å². The summed E-state index contributed by atoms with van der Waals surface area (Å²) in [6, 6.07) is 19.8.